The Morgan fingerprint density at radius 1 is 1.42 bits per heavy atom. The Kier molecular flexibility index (Phi) is 3.67. The summed E-state index contributed by atoms with van der Waals surface area (Å²) in [5.74, 6) is -0.454. The van der Waals surface area contributed by atoms with Gasteiger partial charge in [0.15, 0.2) is 0 Å². The van der Waals surface area contributed by atoms with E-state index < -0.39 is 5.82 Å². The molecule has 0 unspecified atom stereocenters. The first-order chi connectivity index (χ1) is 9.01. The smallest absolute Gasteiger partial charge is 0.265 e. The molecule has 96 valence electrons. The summed E-state index contributed by atoms with van der Waals surface area (Å²) < 4.78 is 14.9. The van der Waals surface area contributed by atoms with Crippen molar-refractivity contribution in [2.24, 2.45) is 0 Å². The highest BCUT2D eigenvalue weighted by molar-refractivity contribution is 9.10. The van der Waals surface area contributed by atoms with Crippen molar-refractivity contribution >= 4 is 21.6 Å². The molecule has 0 fully saturated rings. The van der Waals surface area contributed by atoms with Crippen LogP contribution in [-0.4, -0.2) is 4.57 Å². The minimum Gasteiger partial charge on any atom is -0.398 e. The van der Waals surface area contributed by atoms with Gasteiger partial charge in [-0.1, -0.05) is 0 Å². The van der Waals surface area contributed by atoms with Crippen LogP contribution in [0.5, 0.6) is 0 Å². The summed E-state index contributed by atoms with van der Waals surface area (Å²) in [6.07, 6.45) is 1.46. The highest BCUT2D eigenvalue weighted by atomic mass is 79.9. The van der Waals surface area contributed by atoms with E-state index in [2.05, 4.69) is 15.9 Å². The highest BCUT2D eigenvalue weighted by Crippen LogP contribution is 2.14. The van der Waals surface area contributed by atoms with Crippen LogP contribution in [0.3, 0.4) is 0 Å². The summed E-state index contributed by atoms with van der Waals surface area (Å²) in [5, 5.41) is 8.97. The Morgan fingerprint density at radius 3 is 2.84 bits per heavy atom. The number of rotatable bonds is 2. The number of anilines is 1. The minimum absolute atomic E-state index is 0.0864. The van der Waals surface area contributed by atoms with Gasteiger partial charge in [0.05, 0.1) is 22.7 Å². The second-order valence-electron chi connectivity index (χ2n) is 3.97. The van der Waals surface area contributed by atoms with Gasteiger partial charge in [0.2, 0.25) is 0 Å². The topological polar surface area (TPSA) is 71.8 Å². The van der Waals surface area contributed by atoms with Crippen molar-refractivity contribution in [3.05, 3.63) is 62.2 Å². The predicted molar refractivity (Wildman–Crippen MR) is 73.0 cm³/mol. The lowest BCUT2D eigenvalue weighted by molar-refractivity contribution is 0.622. The second-order valence-corrected chi connectivity index (χ2v) is 4.82. The summed E-state index contributed by atoms with van der Waals surface area (Å²) >= 11 is 3.11. The zero-order valence-corrected chi connectivity index (χ0v) is 11.3. The predicted octanol–water partition coefficient (Wildman–Crippen LogP) is 2.25. The minimum atomic E-state index is -0.454. The average Bonchev–Trinajstić information content (AvgIpc) is 2.35. The van der Waals surface area contributed by atoms with Gasteiger partial charge in [0.1, 0.15) is 5.82 Å². The summed E-state index contributed by atoms with van der Waals surface area (Å²) in [6, 6.07) is 7.29. The van der Waals surface area contributed by atoms with Crippen LogP contribution in [0.2, 0.25) is 0 Å². The third-order valence-corrected chi connectivity index (χ3v) is 3.16. The molecular weight excluding hydrogens is 313 g/mol. The molecule has 0 saturated heterocycles. The molecule has 19 heavy (non-hydrogen) atoms. The number of nitrogen functional groups attached to an aromatic ring is 1. The first-order valence-electron chi connectivity index (χ1n) is 5.35. The summed E-state index contributed by atoms with van der Waals surface area (Å²) in [4.78, 5) is 11.9. The Labute approximate surface area is 117 Å². The van der Waals surface area contributed by atoms with Crippen molar-refractivity contribution in [3.63, 3.8) is 0 Å². The van der Waals surface area contributed by atoms with Crippen LogP contribution in [0.4, 0.5) is 10.1 Å². The number of aromatic nitrogens is 1. The van der Waals surface area contributed by atoms with E-state index in [1.165, 1.54) is 35.0 Å². The maximum atomic E-state index is 13.2. The first-order valence-corrected chi connectivity index (χ1v) is 6.14. The normalized spacial score (nSPS) is 10.2. The molecule has 2 aromatic rings. The summed E-state index contributed by atoms with van der Waals surface area (Å²) in [6.45, 7) is 0.0864. The van der Waals surface area contributed by atoms with Crippen LogP contribution < -0.4 is 11.3 Å². The molecule has 0 radical (unpaired) electrons. The fourth-order valence-electron chi connectivity index (χ4n) is 1.72. The number of hydrogen-bond acceptors (Lipinski definition) is 3. The number of hydrogen-bond donors (Lipinski definition) is 1. The van der Waals surface area contributed by atoms with E-state index in [0.717, 1.165) is 0 Å². The van der Waals surface area contributed by atoms with E-state index >= 15 is 0 Å². The van der Waals surface area contributed by atoms with Gasteiger partial charge in [0, 0.05) is 11.9 Å². The zero-order valence-electron chi connectivity index (χ0n) is 9.73. The molecule has 2 N–H and O–H groups in total. The van der Waals surface area contributed by atoms with Gasteiger partial charge < -0.3 is 10.3 Å². The van der Waals surface area contributed by atoms with Crippen LogP contribution in [-0.2, 0) is 6.54 Å². The maximum absolute atomic E-state index is 13.2. The number of halogens is 2. The number of nitrogens with zero attached hydrogens (tertiary/aromatic N) is 2. The van der Waals surface area contributed by atoms with E-state index in [9.17, 15) is 9.18 Å². The Hall–Kier alpha value is -2.13. The largest absolute Gasteiger partial charge is 0.398 e. The van der Waals surface area contributed by atoms with Crippen molar-refractivity contribution in [1.29, 1.82) is 5.26 Å². The summed E-state index contributed by atoms with van der Waals surface area (Å²) in [7, 11) is 0. The monoisotopic (exact) mass is 321 g/mol. The van der Waals surface area contributed by atoms with Crippen LogP contribution >= 0.6 is 15.9 Å². The number of nitriles is 1. The zero-order chi connectivity index (χ0) is 14.0. The molecule has 6 heteroatoms. The molecule has 0 aliphatic heterocycles. The van der Waals surface area contributed by atoms with Crippen molar-refractivity contribution in [2.75, 3.05) is 5.73 Å². The van der Waals surface area contributed by atoms with Gasteiger partial charge in [-0.05, 0) is 45.8 Å². The van der Waals surface area contributed by atoms with Gasteiger partial charge in [-0.2, -0.15) is 5.26 Å². The van der Waals surface area contributed by atoms with Gasteiger partial charge in [-0.3, -0.25) is 4.79 Å². The Bertz CT molecular complexity index is 734. The molecule has 4 nitrogen and oxygen atoms in total. The Morgan fingerprint density at radius 2 is 2.16 bits per heavy atom. The molecule has 1 aromatic heterocycles. The van der Waals surface area contributed by atoms with E-state index in [-0.39, 0.29) is 12.1 Å². The molecular formula is C13H9BrFN3O. The average molecular weight is 322 g/mol. The van der Waals surface area contributed by atoms with Gasteiger partial charge >= 0.3 is 0 Å². The van der Waals surface area contributed by atoms with Gasteiger partial charge in [0.25, 0.3) is 5.56 Å². The molecule has 1 heterocycles. The molecule has 0 aliphatic carbocycles. The third kappa shape index (κ3) is 2.83. The van der Waals surface area contributed by atoms with Crippen molar-refractivity contribution in [2.45, 2.75) is 6.54 Å². The molecule has 0 spiro atoms. The first kappa shape index (κ1) is 13.3. The number of nitrogens with two attached hydrogens (primary N) is 1. The van der Waals surface area contributed by atoms with Crippen LogP contribution in [0.1, 0.15) is 11.1 Å². The van der Waals surface area contributed by atoms with Crippen LogP contribution in [0.15, 0.2) is 39.7 Å². The van der Waals surface area contributed by atoms with Crippen molar-refractivity contribution < 1.29 is 4.39 Å². The highest BCUT2D eigenvalue weighted by Gasteiger charge is 2.08. The molecule has 2 rings (SSSR count). The quantitative estimate of drug-likeness (QED) is 0.922. The molecule has 0 atom stereocenters. The maximum Gasteiger partial charge on any atom is 0.265 e. The molecule has 0 amide bonds. The fraction of sp³-hybridized carbons (Fsp3) is 0.0769. The summed E-state index contributed by atoms with van der Waals surface area (Å²) in [5.41, 5.74) is 6.53. The van der Waals surface area contributed by atoms with Crippen LogP contribution in [0.25, 0.3) is 0 Å². The van der Waals surface area contributed by atoms with Crippen molar-refractivity contribution in [3.8, 4) is 6.07 Å². The third-order valence-electron chi connectivity index (χ3n) is 2.59. The lowest BCUT2D eigenvalue weighted by Gasteiger charge is -2.09. The fourth-order valence-corrected chi connectivity index (χ4v) is 2.22. The lowest BCUT2D eigenvalue weighted by atomic mass is 10.1. The molecule has 1 aromatic carbocycles. The second kappa shape index (κ2) is 5.24. The lowest BCUT2D eigenvalue weighted by Crippen LogP contribution is -2.21. The number of pyridine rings is 1. The molecule has 0 saturated carbocycles. The van der Waals surface area contributed by atoms with E-state index in [4.69, 9.17) is 11.0 Å². The molecule has 0 bridgehead atoms. The Balaban J connectivity index is 2.51. The van der Waals surface area contributed by atoms with E-state index in [1.54, 1.807) is 0 Å². The van der Waals surface area contributed by atoms with E-state index in [1.807, 2.05) is 6.07 Å². The van der Waals surface area contributed by atoms with Crippen molar-refractivity contribution in [1.82, 2.24) is 4.57 Å². The van der Waals surface area contributed by atoms with E-state index in [0.29, 0.717) is 21.3 Å². The van der Waals surface area contributed by atoms with Crippen LogP contribution in [0, 0.1) is 17.1 Å². The van der Waals surface area contributed by atoms with Gasteiger partial charge in [-0.15, -0.1) is 0 Å². The standard InChI is InChI=1S/C13H9BrFN3O/c14-12-4-11(17)7-18(13(12)19)6-9-3-10(15)2-1-8(9)5-16/h1-4,7H,6,17H2. The van der Waals surface area contributed by atoms with Gasteiger partial charge in [-0.25, -0.2) is 4.39 Å². The number of benzene rings is 1. The molecule has 0 aliphatic rings. The SMILES string of the molecule is N#Cc1ccc(F)cc1Cn1cc(N)cc(Br)c1=O.